The van der Waals surface area contributed by atoms with Crippen LogP contribution in [-0.4, -0.2) is 19.9 Å². The molecule has 13 rings (SSSR count). The molecule has 0 N–H and O–H groups in total. The third kappa shape index (κ3) is 5.40. The predicted octanol–water partition coefficient (Wildman–Crippen LogP) is 15.1. The zero-order chi connectivity index (χ0) is 40.7. The molecule has 0 aliphatic rings. The summed E-state index contributed by atoms with van der Waals surface area (Å²) in [7, 11) is 0. The fourth-order valence-electron chi connectivity index (χ4n) is 9.78. The van der Waals surface area contributed by atoms with E-state index in [4.69, 9.17) is 15.0 Å². The maximum Gasteiger partial charge on any atom is 0.164 e. The third-order valence-electron chi connectivity index (χ3n) is 12.6. The van der Waals surface area contributed by atoms with Gasteiger partial charge < -0.3 is 0 Å². The normalized spacial score (nSPS) is 11.9. The van der Waals surface area contributed by atoms with E-state index >= 15 is 0 Å². The minimum atomic E-state index is 0.617. The number of nitrogens with zero attached hydrogens (tertiary/aromatic N) is 4. The van der Waals surface area contributed by atoms with Crippen molar-refractivity contribution in [2.75, 3.05) is 0 Å². The van der Waals surface area contributed by atoms with E-state index in [-0.39, 0.29) is 0 Å². The molecule has 13 aromatic rings. The summed E-state index contributed by atoms with van der Waals surface area (Å²) < 4.78 is 0. The van der Waals surface area contributed by atoms with Gasteiger partial charge in [-0.25, -0.2) is 15.0 Å². The molecule has 62 heavy (non-hydrogen) atoms. The summed E-state index contributed by atoms with van der Waals surface area (Å²) in [6.45, 7) is 0. The van der Waals surface area contributed by atoms with Gasteiger partial charge in [-0.05, 0) is 123 Å². The quantitative estimate of drug-likeness (QED) is 0.163. The van der Waals surface area contributed by atoms with Crippen LogP contribution in [0.15, 0.2) is 206 Å². The summed E-state index contributed by atoms with van der Waals surface area (Å²) in [5.41, 5.74) is 8.20. The van der Waals surface area contributed by atoms with Crippen molar-refractivity contribution < 1.29 is 0 Å². The predicted molar refractivity (Wildman–Crippen MR) is 259 cm³/mol. The van der Waals surface area contributed by atoms with Gasteiger partial charge in [0, 0.05) is 28.3 Å². The summed E-state index contributed by atoms with van der Waals surface area (Å²) in [4.78, 5) is 19.8. The van der Waals surface area contributed by atoms with Crippen LogP contribution in [0.4, 0.5) is 0 Å². The average Bonchev–Trinajstić information content (AvgIpc) is 3.35. The lowest BCUT2D eigenvalue weighted by molar-refractivity contribution is 1.07. The van der Waals surface area contributed by atoms with Crippen LogP contribution in [0.1, 0.15) is 0 Å². The maximum atomic E-state index is 5.15. The Morgan fingerprint density at radius 1 is 0.258 bits per heavy atom. The zero-order valence-electron chi connectivity index (χ0n) is 33.4. The Balaban J connectivity index is 0.977. The van der Waals surface area contributed by atoms with Crippen molar-refractivity contribution in [3.8, 4) is 56.4 Å². The molecule has 11 aromatic carbocycles. The Kier molecular flexibility index (Phi) is 7.57. The number of hydrogen-bond acceptors (Lipinski definition) is 4. The molecule has 286 valence electrons. The molecule has 4 nitrogen and oxygen atoms in total. The molecule has 0 saturated carbocycles. The summed E-state index contributed by atoms with van der Waals surface area (Å²) >= 11 is 0. The summed E-state index contributed by atoms with van der Waals surface area (Å²) in [5, 5.41) is 16.4. The Hall–Kier alpha value is -8.34. The molecule has 0 fully saturated rings. The molecule has 0 amide bonds. The largest absolute Gasteiger partial charge is 0.256 e. The zero-order valence-corrected chi connectivity index (χ0v) is 33.4. The molecule has 4 heteroatoms. The van der Waals surface area contributed by atoms with Crippen LogP contribution < -0.4 is 0 Å². The fourth-order valence-corrected chi connectivity index (χ4v) is 9.78. The smallest absolute Gasteiger partial charge is 0.164 e. The van der Waals surface area contributed by atoms with Crippen molar-refractivity contribution >= 4 is 75.5 Å². The Morgan fingerprint density at radius 2 is 0.774 bits per heavy atom. The van der Waals surface area contributed by atoms with Crippen molar-refractivity contribution in [1.29, 1.82) is 0 Å². The SMILES string of the molecule is c1ccc(-c2nc(-c3ccc4ncccc4c3)nc(-c3ccccc3-c3ccc(-c4cc5ccc6cccc7c8cccc9ccc%10cccc(c(c4)c5c67)c%10c98)cc3)n2)cc1. The highest BCUT2D eigenvalue weighted by molar-refractivity contribution is 6.37. The van der Waals surface area contributed by atoms with Gasteiger partial charge in [0.05, 0.1) is 5.52 Å². The van der Waals surface area contributed by atoms with Gasteiger partial charge in [-0.1, -0.05) is 164 Å². The van der Waals surface area contributed by atoms with E-state index in [1.54, 1.807) is 0 Å². The monoisotopic (exact) mass is 786 g/mol. The number of pyridine rings is 1. The fraction of sp³-hybridized carbons (Fsp3) is 0. The molecular weight excluding hydrogens is 753 g/mol. The lowest BCUT2D eigenvalue weighted by atomic mass is 9.86. The van der Waals surface area contributed by atoms with E-state index in [1.807, 2.05) is 54.7 Å². The van der Waals surface area contributed by atoms with Gasteiger partial charge in [0.1, 0.15) is 0 Å². The number of benzene rings is 10. The second kappa shape index (κ2) is 13.6. The molecule has 0 unspecified atom stereocenters. The lowest BCUT2D eigenvalue weighted by Crippen LogP contribution is -2.01. The van der Waals surface area contributed by atoms with Crippen molar-refractivity contribution in [3.63, 3.8) is 0 Å². The Morgan fingerprint density at radius 3 is 1.47 bits per heavy atom. The van der Waals surface area contributed by atoms with Crippen LogP contribution in [-0.2, 0) is 0 Å². The topological polar surface area (TPSA) is 51.6 Å². The first-order valence-corrected chi connectivity index (χ1v) is 21.0. The van der Waals surface area contributed by atoms with E-state index in [0.717, 1.165) is 44.3 Å². The second-order valence-corrected chi connectivity index (χ2v) is 16.2. The molecule has 0 aliphatic carbocycles. The van der Waals surface area contributed by atoms with Crippen molar-refractivity contribution in [2.45, 2.75) is 0 Å². The molecule has 2 aromatic heterocycles. The molecule has 0 atom stereocenters. The Bertz CT molecular complexity index is 3910. The number of rotatable bonds is 5. The van der Waals surface area contributed by atoms with Crippen LogP contribution >= 0.6 is 0 Å². The maximum absolute atomic E-state index is 5.15. The van der Waals surface area contributed by atoms with Crippen molar-refractivity contribution in [2.24, 2.45) is 0 Å². The molecule has 0 radical (unpaired) electrons. The summed E-state index contributed by atoms with van der Waals surface area (Å²) in [6.07, 6.45) is 1.82. The van der Waals surface area contributed by atoms with E-state index in [1.165, 1.54) is 70.2 Å². The van der Waals surface area contributed by atoms with Crippen LogP contribution in [0, 0.1) is 0 Å². The standard InChI is InChI=1S/C58H34N4/c1-2-10-40(11-3-1)56-60-57(43-29-30-51-41(32-43)15-9-31-59-51)62-58(61-56)49-17-5-4-16-45(49)36-23-21-35(22-24-36)44-33-42-28-27-39-13-7-19-47-46-18-6-12-37-25-26-38-14-8-20-48(54(38)52(37)46)50(34-44)55(42)53(39)47/h1-34H. The highest BCUT2D eigenvalue weighted by atomic mass is 15.0. The van der Waals surface area contributed by atoms with E-state index < -0.39 is 0 Å². The number of aromatic nitrogens is 4. The highest BCUT2D eigenvalue weighted by Crippen LogP contribution is 2.45. The second-order valence-electron chi connectivity index (χ2n) is 16.2. The first kappa shape index (κ1) is 34.5. The van der Waals surface area contributed by atoms with Crippen LogP contribution in [0.25, 0.3) is 132 Å². The molecule has 0 aliphatic heterocycles. The van der Waals surface area contributed by atoms with Gasteiger partial charge >= 0.3 is 0 Å². The van der Waals surface area contributed by atoms with Gasteiger partial charge in [-0.15, -0.1) is 0 Å². The molecule has 0 bridgehead atoms. The lowest BCUT2D eigenvalue weighted by Gasteiger charge is -2.17. The van der Waals surface area contributed by atoms with Gasteiger partial charge in [0.2, 0.25) is 0 Å². The summed E-state index contributed by atoms with van der Waals surface area (Å²) in [6, 6.07) is 71.9. The minimum Gasteiger partial charge on any atom is -0.256 e. The molecule has 0 saturated heterocycles. The number of hydrogen-bond donors (Lipinski definition) is 0. The van der Waals surface area contributed by atoms with Crippen molar-refractivity contribution in [1.82, 2.24) is 19.9 Å². The highest BCUT2D eigenvalue weighted by Gasteiger charge is 2.18. The first-order chi connectivity index (χ1) is 30.7. The molecule has 2 heterocycles. The Labute approximate surface area is 356 Å². The van der Waals surface area contributed by atoms with Gasteiger partial charge in [-0.3, -0.25) is 4.98 Å². The van der Waals surface area contributed by atoms with Gasteiger partial charge in [0.25, 0.3) is 0 Å². The minimum absolute atomic E-state index is 0.617. The number of fused-ring (bicyclic) bond motifs is 3. The van der Waals surface area contributed by atoms with Crippen LogP contribution in [0.5, 0.6) is 0 Å². The molecule has 0 spiro atoms. The van der Waals surface area contributed by atoms with Crippen LogP contribution in [0.3, 0.4) is 0 Å². The van der Waals surface area contributed by atoms with E-state index in [2.05, 4.69) is 157 Å². The summed E-state index contributed by atoms with van der Waals surface area (Å²) in [5.74, 6) is 1.87. The van der Waals surface area contributed by atoms with Crippen molar-refractivity contribution in [3.05, 3.63) is 206 Å². The van der Waals surface area contributed by atoms with Gasteiger partial charge in [0.15, 0.2) is 17.5 Å². The average molecular weight is 787 g/mol. The van der Waals surface area contributed by atoms with Gasteiger partial charge in [-0.2, -0.15) is 0 Å². The third-order valence-corrected chi connectivity index (χ3v) is 12.6. The molecular formula is C58H34N4. The van der Waals surface area contributed by atoms with Crippen LogP contribution in [0.2, 0.25) is 0 Å². The van der Waals surface area contributed by atoms with E-state index in [9.17, 15) is 0 Å². The first-order valence-electron chi connectivity index (χ1n) is 21.0. The van der Waals surface area contributed by atoms with E-state index in [0.29, 0.717) is 17.5 Å².